The van der Waals surface area contributed by atoms with Crippen LogP contribution in [0.2, 0.25) is 0 Å². The van der Waals surface area contributed by atoms with Crippen LogP contribution in [-0.2, 0) is 6.42 Å². The molecular formula is C33H61N. The fourth-order valence-corrected chi connectivity index (χ4v) is 5.89. The molecule has 0 radical (unpaired) electrons. The molecule has 1 atom stereocenters. The first-order valence-corrected chi connectivity index (χ1v) is 15.5. The van der Waals surface area contributed by atoms with Crippen LogP contribution < -0.4 is 5.73 Å². The molecule has 1 nitrogen and oxygen atoms in total. The van der Waals surface area contributed by atoms with Gasteiger partial charge in [-0.2, -0.15) is 0 Å². The molecule has 34 heavy (non-hydrogen) atoms. The lowest BCUT2D eigenvalue weighted by Gasteiger charge is -2.38. The monoisotopic (exact) mass is 471 g/mol. The summed E-state index contributed by atoms with van der Waals surface area (Å²) in [6, 6.07) is 11.1. The number of nitrogens with two attached hydrogens (primary N) is 1. The number of hydrogen-bond acceptors (Lipinski definition) is 1. The van der Waals surface area contributed by atoms with E-state index in [9.17, 15) is 0 Å². The summed E-state index contributed by atoms with van der Waals surface area (Å²) in [4.78, 5) is 0. The second kappa shape index (κ2) is 21.5. The van der Waals surface area contributed by atoms with Gasteiger partial charge in [-0.25, -0.2) is 0 Å². The smallest absolute Gasteiger partial charge is 0.0185 e. The van der Waals surface area contributed by atoms with Crippen molar-refractivity contribution in [2.45, 2.75) is 168 Å². The molecule has 0 heterocycles. The molecule has 0 fully saturated rings. The topological polar surface area (TPSA) is 26.0 Å². The molecule has 1 rings (SSSR count). The fourth-order valence-electron chi connectivity index (χ4n) is 5.89. The van der Waals surface area contributed by atoms with Crippen molar-refractivity contribution in [2.24, 2.45) is 11.7 Å². The maximum atomic E-state index is 7.08. The first kappa shape index (κ1) is 31.2. The van der Waals surface area contributed by atoms with Crippen molar-refractivity contribution in [2.75, 3.05) is 0 Å². The lowest BCUT2D eigenvalue weighted by Crippen LogP contribution is -2.48. The van der Waals surface area contributed by atoms with E-state index < -0.39 is 0 Å². The van der Waals surface area contributed by atoms with Crippen LogP contribution in [0.4, 0.5) is 0 Å². The predicted molar refractivity (Wildman–Crippen MR) is 155 cm³/mol. The van der Waals surface area contributed by atoms with Gasteiger partial charge in [-0.05, 0) is 37.2 Å². The van der Waals surface area contributed by atoms with E-state index >= 15 is 0 Å². The van der Waals surface area contributed by atoms with Crippen LogP contribution in [0.3, 0.4) is 0 Å². The molecule has 2 N–H and O–H groups in total. The van der Waals surface area contributed by atoms with Gasteiger partial charge in [0.1, 0.15) is 0 Å². The summed E-state index contributed by atoms with van der Waals surface area (Å²) in [5.41, 5.74) is 8.55. The van der Waals surface area contributed by atoms with Gasteiger partial charge in [0.15, 0.2) is 0 Å². The van der Waals surface area contributed by atoms with E-state index in [4.69, 9.17) is 5.73 Å². The maximum absolute atomic E-state index is 7.08. The van der Waals surface area contributed by atoms with Crippen LogP contribution in [0.1, 0.15) is 161 Å². The Morgan fingerprint density at radius 1 is 0.559 bits per heavy atom. The van der Waals surface area contributed by atoms with Gasteiger partial charge in [0.25, 0.3) is 0 Å². The lowest BCUT2D eigenvalue weighted by molar-refractivity contribution is 0.211. The molecule has 198 valence electrons. The van der Waals surface area contributed by atoms with Gasteiger partial charge in [-0.1, -0.05) is 167 Å². The Balaban J connectivity index is 2.16. The average molecular weight is 472 g/mol. The third-order valence-electron chi connectivity index (χ3n) is 7.98. The minimum absolute atomic E-state index is 0.00878. The molecule has 0 aliphatic carbocycles. The Kier molecular flexibility index (Phi) is 19.7. The van der Waals surface area contributed by atoms with E-state index in [1.165, 1.54) is 128 Å². The molecular weight excluding hydrogens is 410 g/mol. The van der Waals surface area contributed by atoms with Crippen molar-refractivity contribution >= 4 is 0 Å². The zero-order chi connectivity index (χ0) is 24.7. The average Bonchev–Trinajstić information content (AvgIpc) is 2.84. The molecule has 0 saturated carbocycles. The second-order valence-electron chi connectivity index (χ2n) is 11.2. The lowest BCUT2D eigenvalue weighted by atomic mass is 9.72. The minimum Gasteiger partial charge on any atom is -0.325 e. The number of benzene rings is 1. The van der Waals surface area contributed by atoms with Crippen LogP contribution >= 0.6 is 0 Å². The normalized spacial score (nSPS) is 12.8. The summed E-state index contributed by atoms with van der Waals surface area (Å²) in [7, 11) is 0. The first-order chi connectivity index (χ1) is 16.7. The highest BCUT2D eigenvalue weighted by atomic mass is 14.8. The summed E-state index contributed by atoms with van der Waals surface area (Å²) < 4.78 is 0. The summed E-state index contributed by atoms with van der Waals surface area (Å²) in [6.45, 7) is 6.90. The molecule has 0 aromatic heterocycles. The number of unbranched alkanes of at least 4 members (excludes halogenated alkanes) is 15. The zero-order valence-electron chi connectivity index (χ0n) is 23.6. The van der Waals surface area contributed by atoms with Gasteiger partial charge < -0.3 is 5.73 Å². The van der Waals surface area contributed by atoms with Gasteiger partial charge >= 0.3 is 0 Å². The summed E-state index contributed by atoms with van der Waals surface area (Å²) >= 11 is 0. The van der Waals surface area contributed by atoms with Crippen LogP contribution in [0.15, 0.2) is 30.3 Å². The van der Waals surface area contributed by atoms with E-state index in [0.717, 1.165) is 19.3 Å². The Morgan fingerprint density at radius 3 is 1.38 bits per heavy atom. The summed E-state index contributed by atoms with van der Waals surface area (Å²) in [6.07, 6.45) is 30.1. The molecule has 1 heteroatoms. The van der Waals surface area contributed by atoms with Gasteiger partial charge in [-0.15, -0.1) is 0 Å². The molecule has 0 bridgehead atoms. The molecule has 0 saturated heterocycles. The number of hydrogen-bond donors (Lipinski definition) is 1. The van der Waals surface area contributed by atoms with Gasteiger partial charge in [0.2, 0.25) is 0 Å². The van der Waals surface area contributed by atoms with E-state index in [1.807, 2.05) is 0 Å². The molecule has 1 aromatic carbocycles. The molecule has 1 unspecified atom stereocenters. The van der Waals surface area contributed by atoms with E-state index in [-0.39, 0.29) is 5.54 Å². The van der Waals surface area contributed by atoms with E-state index in [1.54, 1.807) is 0 Å². The fraction of sp³-hybridized carbons (Fsp3) is 0.818. The SMILES string of the molecule is CCCCCCCCCCCCCCCCCCC(Cc1ccccc1)C(N)(CCC)CCC. The highest BCUT2D eigenvalue weighted by Gasteiger charge is 2.32. The van der Waals surface area contributed by atoms with Crippen LogP contribution in [0, 0.1) is 5.92 Å². The Morgan fingerprint density at radius 2 is 0.971 bits per heavy atom. The van der Waals surface area contributed by atoms with Crippen LogP contribution in [-0.4, -0.2) is 5.54 Å². The highest BCUT2D eigenvalue weighted by molar-refractivity contribution is 5.16. The van der Waals surface area contributed by atoms with E-state index in [0.29, 0.717) is 5.92 Å². The third kappa shape index (κ3) is 15.2. The molecule has 1 aromatic rings. The Hall–Kier alpha value is -0.820. The molecule has 0 amide bonds. The van der Waals surface area contributed by atoms with Crippen molar-refractivity contribution in [1.29, 1.82) is 0 Å². The van der Waals surface area contributed by atoms with Crippen molar-refractivity contribution in [3.8, 4) is 0 Å². The predicted octanol–water partition coefficient (Wildman–Crippen LogP) is 10.8. The Bertz CT molecular complexity index is 531. The minimum atomic E-state index is 0.00878. The van der Waals surface area contributed by atoms with Gasteiger partial charge in [-0.3, -0.25) is 0 Å². The highest BCUT2D eigenvalue weighted by Crippen LogP contribution is 2.33. The summed E-state index contributed by atoms with van der Waals surface area (Å²) in [5, 5.41) is 0. The van der Waals surface area contributed by atoms with Crippen molar-refractivity contribution in [3.63, 3.8) is 0 Å². The van der Waals surface area contributed by atoms with Gasteiger partial charge in [0.05, 0.1) is 0 Å². The zero-order valence-corrected chi connectivity index (χ0v) is 23.6. The Labute approximate surface area is 215 Å². The third-order valence-corrected chi connectivity index (χ3v) is 7.98. The molecule has 0 aliphatic rings. The van der Waals surface area contributed by atoms with E-state index in [2.05, 4.69) is 51.1 Å². The first-order valence-electron chi connectivity index (χ1n) is 15.5. The second-order valence-corrected chi connectivity index (χ2v) is 11.2. The largest absolute Gasteiger partial charge is 0.325 e. The quantitative estimate of drug-likeness (QED) is 0.149. The van der Waals surface area contributed by atoms with Crippen LogP contribution in [0.5, 0.6) is 0 Å². The maximum Gasteiger partial charge on any atom is 0.0185 e. The van der Waals surface area contributed by atoms with Gasteiger partial charge in [0, 0.05) is 5.54 Å². The van der Waals surface area contributed by atoms with Crippen molar-refractivity contribution < 1.29 is 0 Å². The number of rotatable bonds is 24. The van der Waals surface area contributed by atoms with Crippen molar-refractivity contribution in [1.82, 2.24) is 0 Å². The summed E-state index contributed by atoms with van der Waals surface area (Å²) in [5.74, 6) is 0.612. The molecule has 0 aliphatic heterocycles. The van der Waals surface area contributed by atoms with Crippen LogP contribution in [0.25, 0.3) is 0 Å². The molecule has 0 spiro atoms. The van der Waals surface area contributed by atoms with Crippen molar-refractivity contribution in [3.05, 3.63) is 35.9 Å². The standard InChI is InChI=1S/C33H61N/c1-4-7-8-9-10-11-12-13-14-15-16-17-18-19-20-24-27-32(30-31-25-22-21-23-26-31)33(34,28-5-2)29-6-3/h21-23,25-26,32H,4-20,24,27-30,34H2,1-3H3.